The minimum Gasteiger partial charge on any atom is -0.237 e. The maximum absolute atomic E-state index is 2.30. The second kappa shape index (κ2) is 12.2. The molecule has 0 aliphatic carbocycles. The number of aryl methyl sites for hydroxylation is 2. The summed E-state index contributed by atoms with van der Waals surface area (Å²) in [5.41, 5.74) is 5.36. The molecule has 0 saturated heterocycles. The Labute approximate surface area is 216 Å². The van der Waals surface area contributed by atoms with Crippen LogP contribution in [0.15, 0.2) is 134 Å². The molecule has 0 amide bonds. The van der Waals surface area contributed by atoms with Crippen LogP contribution in [0.4, 0.5) is 0 Å². The lowest BCUT2D eigenvalue weighted by atomic mass is 9.13. The topological polar surface area (TPSA) is 8.81 Å². The molecule has 0 spiro atoms. The van der Waals surface area contributed by atoms with E-state index in [-0.39, 0.29) is 0 Å². The molecule has 0 unspecified atom stereocenters. The van der Waals surface area contributed by atoms with Crippen molar-refractivity contribution in [1.82, 2.24) is 4.57 Å². The van der Waals surface area contributed by atoms with E-state index in [1.807, 2.05) is 0 Å². The first kappa shape index (κ1) is 25.3. The SMILES string of the molecule is CCCC[n+]1ccn(C)c1C.c1ccc([B-](c2ccccc2)(c2ccccc2)c2ccccc2)cc1. The smallest absolute Gasteiger partial charge is 0.237 e. The number of imidazole rings is 1. The van der Waals surface area contributed by atoms with E-state index in [4.69, 9.17) is 0 Å². The molecule has 0 radical (unpaired) electrons. The Kier molecular flexibility index (Phi) is 8.57. The summed E-state index contributed by atoms with van der Waals surface area (Å²) in [6, 6.07) is 43.5. The van der Waals surface area contributed by atoms with Gasteiger partial charge in [-0.15, -0.1) is 0 Å². The summed E-state index contributed by atoms with van der Waals surface area (Å²) in [5.74, 6) is 1.33. The molecule has 0 bridgehead atoms. The minimum absolute atomic E-state index is 1.16. The van der Waals surface area contributed by atoms with Crippen LogP contribution in [0, 0.1) is 6.92 Å². The van der Waals surface area contributed by atoms with Crippen LogP contribution in [0.2, 0.25) is 0 Å². The number of hydrogen-bond donors (Lipinski definition) is 0. The van der Waals surface area contributed by atoms with E-state index < -0.39 is 6.15 Å². The lowest BCUT2D eigenvalue weighted by molar-refractivity contribution is -0.702. The largest absolute Gasteiger partial charge is 0.253 e. The molecule has 1 heterocycles. The molecule has 0 aliphatic heterocycles. The van der Waals surface area contributed by atoms with Crippen LogP contribution in [0.5, 0.6) is 0 Å². The zero-order valence-corrected chi connectivity index (χ0v) is 21.8. The Hall–Kier alpha value is -3.85. The Bertz CT molecular complexity index is 1150. The fraction of sp³-hybridized carbons (Fsp3) is 0.182. The molecule has 0 fully saturated rings. The van der Waals surface area contributed by atoms with Crippen LogP contribution < -0.4 is 26.4 Å². The second-order valence-electron chi connectivity index (χ2n) is 9.51. The number of aromatic nitrogens is 2. The van der Waals surface area contributed by atoms with Crippen LogP contribution in [-0.2, 0) is 13.6 Å². The van der Waals surface area contributed by atoms with Crippen molar-refractivity contribution >= 4 is 28.0 Å². The lowest BCUT2D eigenvalue weighted by Gasteiger charge is -2.44. The van der Waals surface area contributed by atoms with E-state index in [0.717, 1.165) is 6.54 Å². The van der Waals surface area contributed by atoms with E-state index in [1.54, 1.807) is 0 Å². The highest BCUT2D eigenvalue weighted by Gasteiger charge is 2.31. The van der Waals surface area contributed by atoms with Crippen LogP contribution in [0.3, 0.4) is 0 Å². The van der Waals surface area contributed by atoms with E-state index in [2.05, 4.69) is 164 Å². The number of benzene rings is 4. The summed E-state index contributed by atoms with van der Waals surface area (Å²) >= 11 is 0. The van der Waals surface area contributed by atoms with Crippen LogP contribution >= 0.6 is 0 Å². The number of hydrogen-bond acceptors (Lipinski definition) is 0. The third kappa shape index (κ3) is 5.36. The first-order valence-electron chi connectivity index (χ1n) is 13.1. The Morgan fingerprint density at radius 1 is 0.611 bits per heavy atom. The third-order valence-corrected chi connectivity index (χ3v) is 7.35. The fourth-order valence-corrected chi connectivity index (χ4v) is 5.29. The molecular weight excluding hydrogens is 435 g/mol. The average molecular weight is 472 g/mol. The molecular formula is C33H37BN2. The van der Waals surface area contributed by atoms with Gasteiger partial charge in [-0.05, 0) is 6.42 Å². The summed E-state index contributed by atoms with van der Waals surface area (Å²) in [7, 11) is 2.08. The van der Waals surface area contributed by atoms with Crippen molar-refractivity contribution in [2.75, 3.05) is 0 Å². The van der Waals surface area contributed by atoms with Gasteiger partial charge in [0.15, 0.2) is 0 Å². The van der Waals surface area contributed by atoms with Gasteiger partial charge in [0.1, 0.15) is 18.5 Å². The van der Waals surface area contributed by atoms with Gasteiger partial charge in [-0.2, -0.15) is 21.9 Å². The van der Waals surface area contributed by atoms with Crippen LogP contribution in [-0.4, -0.2) is 10.7 Å². The van der Waals surface area contributed by atoms with Gasteiger partial charge in [0.05, 0.1) is 13.6 Å². The molecule has 182 valence electrons. The van der Waals surface area contributed by atoms with Gasteiger partial charge in [-0.25, -0.2) is 9.13 Å². The van der Waals surface area contributed by atoms with E-state index in [1.165, 1.54) is 40.5 Å². The summed E-state index contributed by atoms with van der Waals surface area (Å²) in [4.78, 5) is 0. The predicted molar refractivity (Wildman–Crippen MR) is 155 cm³/mol. The van der Waals surface area contributed by atoms with Gasteiger partial charge in [0.25, 0.3) is 5.82 Å². The van der Waals surface area contributed by atoms with Gasteiger partial charge in [-0.3, -0.25) is 0 Å². The van der Waals surface area contributed by atoms with E-state index in [9.17, 15) is 0 Å². The molecule has 5 rings (SSSR count). The van der Waals surface area contributed by atoms with Crippen molar-refractivity contribution in [2.45, 2.75) is 33.2 Å². The van der Waals surface area contributed by atoms with Gasteiger partial charge < -0.3 is 0 Å². The minimum atomic E-state index is -1.22. The molecule has 0 saturated carbocycles. The number of unbranched alkanes of at least 4 members (excludes halogenated alkanes) is 1. The van der Waals surface area contributed by atoms with Gasteiger partial charge >= 0.3 is 0 Å². The van der Waals surface area contributed by atoms with E-state index >= 15 is 0 Å². The maximum Gasteiger partial charge on any atom is 0.253 e. The van der Waals surface area contributed by atoms with Gasteiger partial charge in [0.2, 0.25) is 0 Å². The quantitative estimate of drug-likeness (QED) is 0.244. The second-order valence-corrected chi connectivity index (χ2v) is 9.51. The molecule has 0 N–H and O–H groups in total. The van der Waals surface area contributed by atoms with Crippen molar-refractivity contribution < 1.29 is 4.57 Å². The Morgan fingerprint density at radius 3 is 1.25 bits per heavy atom. The van der Waals surface area contributed by atoms with Gasteiger partial charge in [0, 0.05) is 6.92 Å². The molecule has 36 heavy (non-hydrogen) atoms. The summed E-state index contributed by atoms with van der Waals surface area (Å²) < 4.78 is 4.44. The summed E-state index contributed by atoms with van der Waals surface area (Å²) in [5, 5.41) is 0. The number of rotatable bonds is 7. The molecule has 1 aromatic heterocycles. The third-order valence-electron chi connectivity index (χ3n) is 7.35. The van der Waals surface area contributed by atoms with Crippen molar-refractivity contribution in [3.8, 4) is 0 Å². The zero-order valence-electron chi connectivity index (χ0n) is 21.8. The first-order chi connectivity index (χ1) is 17.7. The summed E-state index contributed by atoms with van der Waals surface area (Å²) in [6.07, 6.45) is 5.57. The Balaban J connectivity index is 0.000000233. The van der Waals surface area contributed by atoms with Crippen molar-refractivity contribution in [1.29, 1.82) is 0 Å². The van der Waals surface area contributed by atoms with Crippen molar-refractivity contribution in [3.63, 3.8) is 0 Å². The first-order valence-corrected chi connectivity index (χ1v) is 13.1. The zero-order chi connectivity index (χ0) is 25.2. The molecule has 0 atom stereocenters. The average Bonchev–Trinajstić information content (AvgIpc) is 3.27. The molecule has 3 heteroatoms. The molecule has 0 aliphatic rings. The fourth-order valence-electron chi connectivity index (χ4n) is 5.29. The predicted octanol–water partition coefficient (Wildman–Crippen LogP) is 4.49. The normalized spacial score (nSPS) is 11.0. The highest BCUT2D eigenvalue weighted by Crippen LogP contribution is 2.09. The van der Waals surface area contributed by atoms with Crippen molar-refractivity contribution in [3.05, 3.63) is 140 Å². The monoisotopic (exact) mass is 472 g/mol. The molecule has 2 nitrogen and oxygen atoms in total. The van der Waals surface area contributed by atoms with Crippen LogP contribution in [0.1, 0.15) is 25.6 Å². The number of nitrogens with zero attached hydrogens (tertiary/aromatic N) is 2. The molecule has 4 aromatic carbocycles. The van der Waals surface area contributed by atoms with E-state index in [0.29, 0.717) is 0 Å². The Morgan fingerprint density at radius 2 is 0.972 bits per heavy atom. The lowest BCUT2D eigenvalue weighted by Crippen LogP contribution is -2.74. The van der Waals surface area contributed by atoms with Crippen molar-refractivity contribution in [2.24, 2.45) is 7.05 Å². The molecule has 5 aromatic rings. The highest BCUT2D eigenvalue weighted by atomic mass is 15.1. The maximum atomic E-state index is 2.30. The van der Waals surface area contributed by atoms with Crippen LogP contribution in [0.25, 0.3) is 0 Å². The van der Waals surface area contributed by atoms with Gasteiger partial charge in [-0.1, -0.05) is 135 Å². The highest BCUT2D eigenvalue weighted by molar-refractivity contribution is 7.19. The standard InChI is InChI=1S/C24H20B.C9H17N2/c1-5-13-21(14-6-1)25(22-15-7-2-8-16-22,23-17-9-3-10-18-23)24-19-11-4-12-20-24;1-4-5-6-11-8-7-10(3)9(11)2/h1-20H;7-8H,4-6H2,1-3H3/q-1;+1. The summed E-state index contributed by atoms with van der Waals surface area (Å²) in [6.45, 7) is 5.53.